The van der Waals surface area contributed by atoms with E-state index in [1.165, 1.54) is 0 Å². The minimum Gasteiger partial charge on any atom is -0.409 e. The van der Waals surface area contributed by atoms with Crippen LogP contribution in [0.3, 0.4) is 0 Å². The number of aryl methyl sites for hydroxylation is 1. The molecule has 1 atom stereocenters. The summed E-state index contributed by atoms with van der Waals surface area (Å²) in [5, 5.41) is 14.2. The van der Waals surface area contributed by atoms with Crippen molar-refractivity contribution in [1.29, 1.82) is 0 Å². The highest BCUT2D eigenvalue weighted by Crippen LogP contribution is 2.17. The number of amidine groups is 1. The lowest BCUT2D eigenvalue weighted by Gasteiger charge is -2.15. The molecule has 5 nitrogen and oxygen atoms in total. The first kappa shape index (κ1) is 14.5. The van der Waals surface area contributed by atoms with Gasteiger partial charge in [0.1, 0.15) is 0 Å². The summed E-state index contributed by atoms with van der Waals surface area (Å²) in [4.78, 5) is 12.0. The number of carbonyl (C=O) groups is 1. The molecular formula is C12H16BrN3O2. The number of rotatable bonds is 4. The maximum absolute atomic E-state index is 12.0. The number of oxime groups is 1. The van der Waals surface area contributed by atoms with Crippen molar-refractivity contribution in [2.75, 3.05) is 0 Å². The molecule has 98 valence electrons. The van der Waals surface area contributed by atoms with Crippen molar-refractivity contribution >= 4 is 27.7 Å². The molecule has 0 aliphatic heterocycles. The largest absolute Gasteiger partial charge is 0.409 e. The van der Waals surface area contributed by atoms with Gasteiger partial charge in [0.25, 0.3) is 5.91 Å². The second kappa shape index (κ2) is 6.39. The van der Waals surface area contributed by atoms with Gasteiger partial charge in [-0.3, -0.25) is 4.79 Å². The maximum atomic E-state index is 12.0. The molecule has 1 amide bonds. The van der Waals surface area contributed by atoms with E-state index in [9.17, 15) is 4.79 Å². The smallest absolute Gasteiger partial charge is 0.251 e. The molecule has 0 radical (unpaired) electrons. The number of nitrogens with one attached hydrogen (secondary N) is 1. The van der Waals surface area contributed by atoms with E-state index in [-0.39, 0.29) is 11.7 Å². The summed E-state index contributed by atoms with van der Waals surface area (Å²) < 4.78 is 0.947. The van der Waals surface area contributed by atoms with Crippen LogP contribution in [0.1, 0.15) is 29.3 Å². The molecule has 0 heterocycles. The number of amides is 1. The predicted octanol–water partition coefficient (Wildman–Crippen LogP) is 2.01. The standard InChI is InChI=1S/C12H16BrN3O2/c1-3-10(11(14)16-18)15-12(17)8-4-5-9(13)7(2)6-8/h4-6,10,18H,3H2,1-2H3,(H2,14,16)(H,15,17). The van der Waals surface area contributed by atoms with Crippen LogP contribution in [0.15, 0.2) is 27.8 Å². The van der Waals surface area contributed by atoms with Crippen LogP contribution < -0.4 is 11.1 Å². The topological polar surface area (TPSA) is 87.7 Å². The second-order valence-electron chi connectivity index (χ2n) is 3.92. The maximum Gasteiger partial charge on any atom is 0.251 e. The van der Waals surface area contributed by atoms with Crippen LogP contribution in [0.4, 0.5) is 0 Å². The average Bonchev–Trinajstić information content (AvgIpc) is 2.37. The van der Waals surface area contributed by atoms with Crippen LogP contribution in [-0.4, -0.2) is 23.0 Å². The first-order chi connectivity index (χ1) is 8.49. The van der Waals surface area contributed by atoms with Crippen molar-refractivity contribution in [3.63, 3.8) is 0 Å². The molecule has 0 aliphatic rings. The van der Waals surface area contributed by atoms with Gasteiger partial charge in [-0.15, -0.1) is 0 Å². The van der Waals surface area contributed by atoms with Crippen molar-refractivity contribution in [1.82, 2.24) is 5.32 Å². The lowest BCUT2D eigenvalue weighted by atomic mass is 10.1. The Morgan fingerprint density at radius 1 is 1.61 bits per heavy atom. The molecule has 4 N–H and O–H groups in total. The third kappa shape index (κ3) is 3.46. The molecule has 0 saturated carbocycles. The predicted molar refractivity (Wildman–Crippen MR) is 73.8 cm³/mol. The van der Waals surface area contributed by atoms with Gasteiger partial charge in [0.2, 0.25) is 0 Å². The van der Waals surface area contributed by atoms with Crippen molar-refractivity contribution in [2.45, 2.75) is 26.3 Å². The van der Waals surface area contributed by atoms with E-state index < -0.39 is 6.04 Å². The first-order valence-electron chi connectivity index (χ1n) is 5.54. The lowest BCUT2D eigenvalue weighted by Crippen LogP contribution is -2.44. The summed E-state index contributed by atoms with van der Waals surface area (Å²) in [5.41, 5.74) is 7.00. The Bertz CT molecular complexity index is 474. The Hall–Kier alpha value is -1.56. The summed E-state index contributed by atoms with van der Waals surface area (Å²) in [7, 11) is 0. The molecule has 1 aromatic carbocycles. The Balaban J connectivity index is 2.84. The lowest BCUT2D eigenvalue weighted by molar-refractivity contribution is 0.0945. The van der Waals surface area contributed by atoms with E-state index >= 15 is 0 Å². The molecule has 0 fully saturated rings. The van der Waals surface area contributed by atoms with Crippen molar-refractivity contribution in [3.8, 4) is 0 Å². The minimum atomic E-state index is -0.466. The van der Waals surface area contributed by atoms with Crippen LogP contribution in [0.25, 0.3) is 0 Å². The molecule has 1 unspecified atom stereocenters. The fraction of sp³-hybridized carbons (Fsp3) is 0.333. The zero-order valence-corrected chi connectivity index (χ0v) is 11.9. The van der Waals surface area contributed by atoms with Gasteiger partial charge in [0, 0.05) is 10.0 Å². The SMILES string of the molecule is CCC(NC(=O)c1ccc(Br)c(C)c1)/C(N)=N/O. The monoisotopic (exact) mass is 313 g/mol. The molecular weight excluding hydrogens is 298 g/mol. The molecule has 1 rings (SSSR count). The summed E-state index contributed by atoms with van der Waals surface area (Å²) in [5.74, 6) is -0.247. The number of carbonyl (C=O) groups excluding carboxylic acids is 1. The summed E-state index contributed by atoms with van der Waals surface area (Å²) in [6.07, 6.45) is 0.553. The van der Waals surface area contributed by atoms with Gasteiger partial charge >= 0.3 is 0 Å². The Kier molecular flexibility index (Phi) is 5.15. The Morgan fingerprint density at radius 2 is 2.28 bits per heavy atom. The molecule has 0 bridgehead atoms. The third-order valence-corrected chi connectivity index (χ3v) is 3.50. The second-order valence-corrected chi connectivity index (χ2v) is 4.78. The van der Waals surface area contributed by atoms with Crippen LogP contribution in [0.5, 0.6) is 0 Å². The first-order valence-corrected chi connectivity index (χ1v) is 6.33. The van der Waals surface area contributed by atoms with Crippen molar-refractivity contribution < 1.29 is 10.0 Å². The zero-order chi connectivity index (χ0) is 13.7. The number of nitrogens with zero attached hydrogens (tertiary/aromatic N) is 1. The van der Waals surface area contributed by atoms with Crippen LogP contribution in [-0.2, 0) is 0 Å². The number of halogens is 1. The summed E-state index contributed by atoms with van der Waals surface area (Å²) >= 11 is 3.37. The summed E-state index contributed by atoms with van der Waals surface area (Å²) in [6, 6.07) is 4.84. The minimum absolute atomic E-state index is 0.000293. The van der Waals surface area contributed by atoms with Crippen LogP contribution >= 0.6 is 15.9 Å². The van der Waals surface area contributed by atoms with E-state index in [1.807, 2.05) is 19.9 Å². The van der Waals surface area contributed by atoms with Gasteiger partial charge < -0.3 is 16.3 Å². The van der Waals surface area contributed by atoms with Gasteiger partial charge in [-0.25, -0.2) is 0 Å². The fourth-order valence-corrected chi connectivity index (χ4v) is 1.73. The zero-order valence-electron chi connectivity index (χ0n) is 10.3. The number of hydrogen-bond donors (Lipinski definition) is 3. The highest BCUT2D eigenvalue weighted by molar-refractivity contribution is 9.10. The van der Waals surface area contributed by atoms with Crippen LogP contribution in [0.2, 0.25) is 0 Å². The van der Waals surface area contributed by atoms with E-state index in [2.05, 4.69) is 26.4 Å². The molecule has 18 heavy (non-hydrogen) atoms. The third-order valence-electron chi connectivity index (χ3n) is 2.61. The molecule has 0 aliphatic carbocycles. The quantitative estimate of drug-likeness (QED) is 0.344. The van der Waals surface area contributed by atoms with Gasteiger partial charge in [-0.05, 0) is 37.1 Å². The number of hydrogen-bond acceptors (Lipinski definition) is 3. The van der Waals surface area contributed by atoms with E-state index in [0.29, 0.717) is 12.0 Å². The molecule has 0 saturated heterocycles. The van der Waals surface area contributed by atoms with Gasteiger partial charge in [-0.2, -0.15) is 0 Å². The van der Waals surface area contributed by atoms with Gasteiger partial charge in [-0.1, -0.05) is 28.0 Å². The van der Waals surface area contributed by atoms with E-state index in [0.717, 1.165) is 10.0 Å². The number of nitrogens with two attached hydrogens (primary N) is 1. The van der Waals surface area contributed by atoms with Crippen molar-refractivity contribution in [2.24, 2.45) is 10.9 Å². The molecule has 0 spiro atoms. The summed E-state index contributed by atoms with van der Waals surface area (Å²) in [6.45, 7) is 3.75. The van der Waals surface area contributed by atoms with E-state index in [1.54, 1.807) is 12.1 Å². The highest BCUT2D eigenvalue weighted by Gasteiger charge is 2.16. The van der Waals surface area contributed by atoms with Gasteiger partial charge in [0.15, 0.2) is 5.84 Å². The Labute approximate surface area is 114 Å². The Morgan fingerprint density at radius 3 is 2.78 bits per heavy atom. The van der Waals surface area contributed by atoms with Crippen molar-refractivity contribution in [3.05, 3.63) is 33.8 Å². The van der Waals surface area contributed by atoms with E-state index in [4.69, 9.17) is 10.9 Å². The normalized spacial score (nSPS) is 13.2. The highest BCUT2D eigenvalue weighted by atomic mass is 79.9. The number of benzene rings is 1. The fourth-order valence-electron chi connectivity index (χ4n) is 1.48. The molecule has 6 heteroatoms. The van der Waals surface area contributed by atoms with Gasteiger partial charge in [0.05, 0.1) is 6.04 Å². The average molecular weight is 314 g/mol. The molecule has 1 aromatic rings. The van der Waals surface area contributed by atoms with Crippen LogP contribution in [0, 0.1) is 6.92 Å². The molecule has 0 aromatic heterocycles.